The van der Waals surface area contributed by atoms with Crippen LogP contribution in [0.25, 0.3) is 0 Å². The summed E-state index contributed by atoms with van der Waals surface area (Å²) in [5, 5.41) is 8.35. The van der Waals surface area contributed by atoms with Crippen molar-refractivity contribution in [1.82, 2.24) is 0 Å². The first kappa shape index (κ1) is 16.4. The number of ether oxygens (including phenoxy) is 3. The van der Waals surface area contributed by atoms with Gasteiger partial charge in [-0.05, 0) is 32.1 Å². The third-order valence-electron chi connectivity index (χ3n) is 3.23. The molecule has 0 amide bonds. The van der Waals surface area contributed by atoms with Gasteiger partial charge in [-0.3, -0.25) is 0 Å². The van der Waals surface area contributed by atoms with Crippen LogP contribution in [-0.2, 0) is 14.2 Å². The average Bonchev–Trinajstić information content (AvgIpc) is 2.93. The normalized spacial score (nSPS) is 18.6. The average molecular weight is 269 g/mol. The van der Waals surface area contributed by atoms with E-state index < -0.39 is 0 Å². The Labute approximate surface area is 117 Å². The van der Waals surface area contributed by atoms with E-state index in [0.717, 1.165) is 58.7 Å². The van der Waals surface area contributed by atoms with Crippen LogP contribution in [0.1, 0.15) is 51.4 Å². The van der Waals surface area contributed by atoms with Crippen LogP contribution >= 0.6 is 0 Å². The van der Waals surface area contributed by atoms with Crippen molar-refractivity contribution in [3.05, 3.63) is 0 Å². The summed E-state index contributed by atoms with van der Waals surface area (Å²) in [6, 6.07) is 2.12. The van der Waals surface area contributed by atoms with Crippen LogP contribution in [0, 0.1) is 11.3 Å². The second-order valence-electron chi connectivity index (χ2n) is 5.00. The summed E-state index contributed by atoms with van der Waals surface area (Å²) in [7, 11) is 0. The summed E-state index contributed by atoms with van der Waals surface area (Å²) in [5.74, 6) is 0. The fourth-order valence-corrected chi connectivity index (χ4v) is 2.11. The molecule has 1 aliphatic rings. The van der Waals surface area contributed by atoms with Crippen molar-refractivity contribution >= 4 is 0 Å². The van der Waals surface area contributed by atoms with Gasteiger partial charge >= 0.3 is 0 Å². The highest BCUT2D eigenvalue weighted by atomic mass is 16.5. The predicted molar refractivity (Wildman–Crippen MR) is 73.9 cm³/mol. The second kappa shape index (κ2) is 12.4. The van der Waals surface area contributed by atoms with E-state index in [4.69, 9.17) is 19.5 Å². The molecule has 0 radical (unpaired) electrons. The van der Waals surface area contributed by atoms with Crippen LogP contribution in [0.15, 0.2) is 0 Å². The van der Waals surface area contributed by atoms with Crippen LogP contribution in [0.3, 0.4) is 0 Å². The Morgan fingerprint density at radius 3 is 2.42 bits per heavy atom. The zero-order valence-corrected chi connectivity index (χ0v) is 11.9. The fourth-order valence-electron chi connectivity index (χ4n) is 2.11. The first-order chi connectivity index (χ1) is 9.43. The van der Waals surface area contributed by atoms with E-state index in [1.54, 1.807) is 0 Å². The third-order valence-corrected chi connectivity index (χ3v) is 3.23. The maximum atomic E-state index is 8.35. The van der Waals surface area contributed by atoms with Gasteiger partial charge in [0.05, 0.1) is 18.8 Å². The third kappa shape index (κ3) is 9.89. The number of nitriles is 1. The lowest BCUT2D eigenvalue weighted by atomic mass is 10.2. The van der Waals surface area contributed by atoms with Crippen molar-refractivity contribution in [2.75, 3.05) is 33.0 Å². The van der Waals surface area contributed by atoms with Gasteiger partial charge in [-0.2, -0.15) is 5.26 Å². The summed E-state index contributed by atoms with van der Waals surface area (Å²) in [6.07, 6.45) is 8.77. The monoisotopic (exact) mass is 269 g/mol. The van der Waals surface area contributed by atoms with Gasteiger partial charge in [-0.15, -0.1) is 0 Å². The van der Waals surface area contributed by atoms with Gasteiger partial charge in [0.1, 0.15) is 0 Å². The van der Waals surface area contributed by atoms with E-state index in [2.05, 4.69) is 6.07 Å². The summed E-state index contributed by atoms with van der Waals surface area (Å²) in [5.41, 5.74) is 0. The van der Waals surface area contributed by atoms with E-state index in [-0.39, 0.29) is 0 Å². The quantitative estimate of drug-likeness (QED) is 0.511. The molecule has 0 aromatic heterocycles. The lowest BCUT2D eigenvalue weighted by molar-refractivity contribution is 0.0160. The molecule has 0 bridgehead atoms. The minimum Gasteiger partial charge on any atom is -0.381 e. The molecular formula is C15H27NO3. The Morgan fingerprint density at radius 1 is 1.00 bits per heavy atom. The van der Waals surface area contributed by atoms with Crippen molar-refractivity contribution in [2.24, 2.45) is 0 Å². The minimum absolute atomic E-state index is 0.349. The van der Waals surface area contributed by atoms with Crippen molar-refractivity contribution in [3.63, 3.8) is 0 Å². The molecule has 0 aromatic carbocycles. The summed E-state index contributed by atoms with van der Waals surface area (Å²) < 4.78 is 16.5. The van der Waals surface area contributed by atoms with Crippen LogP contribution in [0.4, 0.5) is 0 Å². The molecule has 110 valence electrons. The van der Waals surface area contributed by atoms with Gasteiger partial charge in [0.2, 0.25) is 0 Å². The molecule has 4 nitrogen and oxygen atoms in total. The van der Waals surface area contributed by atoms with Crippen molar-refractivity contribution < 1.29 is 14.2 Å². The summed E-state index contributed by atoms with van der Waals surface area (Å²) >= 11 is 0. The standard InChI is InChI=1S/C15H27NO3/c16-9-3-6-11-17-10-4-1-2-5-12-18-14-15-8-7-13-19-15/h15H,1-8,10-14H2. The number of rotatable bonds is 12. The van der Waals surface area contributed by atoms with E-state index in [0.29, 0.717) is 12.5 Å². The molecule has 1 heterocycles. The molecule has 4 heteroatoms. The lowest BCUT2D eigenvalue weighted by Gasteiger charge is -2.09. The van der Waals surface area contributed by atoms with Gasteiger partial charge in [-0.25, -0.2) is 0 Å². The molecule has 1 unspecified atom stereocenters. The van der Waals surface area contributed by atoms with Crippen LogP contribution in [0.2, 0.25) is 0 Å². The Kier molecular flexibility index (Phi) is 10.7. The van der Waals surface area contributed by atoms with E-state index in [1.807, 2.05) is 0 Å². The Bertz CT molecular complexity index is 234. The SMILES string of the molecule is N#CCCCOCCCCCCOCC1CCCO1. The van der Waals surface area contributed by atoms with E-state index in [1.165, 1.54) is 19.3 Å². The van der Waals surface area contributed by atoms with Crippen LogP contribution in [-0.4, -0.2) is 39.1 Å². The van der Waals surface area contributed by atoms with Gasteiger partial charge in [0.15, 0.2) is 0 Å². The van der Waals surface area contributed by atoms with Crippen molar-refractivity contribution in [2.45, 2.75) is 57.5 Å². The number of hydrogen-bond acceptors (Lipinski definition) is 4. The minimum atomic E-state index is 0.349. The second-order valence-corrected chi connectivity index (χ2v) is 5.00. The molecule has 0 N–H and O–H groups in total. The number of nitrogens with zero attached hydrogens (tertiary/aromatic N) is 1. The molecule has 0 aliphatic carbocycles. The molecule has 1 aliphatic heterocycles. The molecule has 1 rings (SSSR count). The van der Waals surface area contributed by atoms with Crippen LogP contribution in [0.5, 0.6) is 0 Å². The van der Waals surface area contributed by atoms with Gasteiger partial charge in [0, 0.05) is 32.8 Å². The highest BCUT2D eigenvalue weighted by molar-refractivity contribution is 4.67. The highest BCUT2D eigenvalue weighted by Crippen LogP contribution is 2.12. The van der Waals surface area contributed by atoms with Crippen molar-refractivity contribution in [1.29, 1.82) is 5.26 Å². The van der Waals surface area contributed by atoms with Crippen LogP contribution < -0.4 is 0 Å². The molecule has 0 spiro atoms. The number of unbranched alkanes of at least 4 members (excludes halogenated alkanes) is 4. The molecule has 0 aromatic rings. The van der Waals surface area contributed by atoms with Gasteiger partial charge in [-0.1, -0.05) is 12.8 Å². The maximum absolute atomic E-state index is 8.35. The maximum Gasteiger partial charge on any atom is 0.0809 e. The molecule has 1 saturated heterocycles. The topological polar surface area (TPSA) is 51.5 Å². The fraction of sp³-hybridized carbons (Fsp3) is 0.933. The Hall–Kier alpha value is -0.630. The highest BCUT2D eigenvalue weighted by Gasteiger charge is 2.14. The summed E-state index contributed by atoms with van der Waals surface area (Å²) in [6.45, 7) is 4.06. The predicted octanol–water partition coefficient (Wildman–Crippen LogP) is 3.06. The van der Waals surface area contributed by atoms with Gasteiger partial charge < -0.3 is 14.2 Å². The molecule has 1 fully saturated rings. The Morgan fingerprint density at radius 2 is 1.74 bits per heavy atom. The summed E-state index contributed by atoms with van der Waals surface area (Å²) in [4.78, 5) is 0. The zero-order valence-electron chi connectivity index (χ0n) is 11.9. The van der Waals surface area contributed by atoms with E-state index in [9.17, 15) is 0 Å². The molecule has 0 saturated carbocycles. The van der Waals surface area contributed by atoms with E-state index >= 15 is 0 Å². The first-order valence-electron chi connectivity index (χ1n) is 7.57. The Balaban J connectivity index is 1.68. The molecule has 1 atom stereocenters. The largest absolute Gasteiger partial charge is 0.381 e. The smallest absolute Gasteiger partial charge is 0.0809 e. The molecule has 19 heavy (non-hydrogen) atoms. The lowest BCUT2D eigenvalue weighted by Crippen LogP contribution is -2.14. The first-order valence-corrected chi connectivity index (χ1v) is 7.57. The number of hydrogen-bond donors (Lipinski definition) is 0. The van der Waals surface area contributed by atoms with Crippen molar-refractivity contribution in [3.8, 4) is 6.07 Å². The zero-order chi connectivity index (χ0) is 13.6. The molecular weight excluding hydrogens is 242 g/mol. The van der Waals surface area contributed by atoms with Gasteiger partial charge in [0.25, 0.3) is 0 Å².